The number of aryl methyl sites for hydroxylation is 2. The minimum Gasteiger partial charge on any atom is -0.394 e. The van der Waals surface area contributed by atoms with Crippen LogP contribution in [0.3, 0.4) is 0 Å². The molecular formula is C22H26O6. The first-order valence-electron chi connectivity index (χ1n) is 9.41. The van der Waals surface area contributed by atoms with Gasteiger partial charge >= 0.3 is 0 Å². The Hall–Kier alpha value is -1.80. The fourth-order valence-corrected chi connectivity index (χ4v) is 5.35. The van der Waals surface area contributed by atoms with E-state index in [2.05, 4.69) is 0 Å². The van der Waals surface area contributed by atoms with Crippen LogP contribution in [0.5, 0.6) is 0 Å². The maximum atomic E-state index is 11.5. The van der Waals surface area contributed by atoms with Crippen LogP contribution in [0.2, 0.25) is 0 Å². The van der Waals surface area contributed by atoms with Crippen LogP contribution < -0.4 is 0 Å². The number of aliphatic hydroxyl groups excluding tert-OH is 3. The smallest absolute Gasteiger partial charge is 0.138 e. The van der Waals surface area contributed by atoms with Crippen molar-refractivity contribution in [2.24, 2.45) is 0 Å². The van der Waals surface area contributed by atoms with Crippen molar-refractivity contribution in [1.29, 1.82) is 0 Å². The van der Waals surface area contributed by atoms with E-state index >= 15 is 0 Å². The second-order valence-corrected chi connectivity index (χ2v) is 8.29. The molecule has 0 radical (unpaired) electrons. The Kier molecular flexibility index (Phi) is 4.25. The van der Waals surface area contributed by atoms with E-state index in [1.165, 1.54) is 0 Å². The van der Waals surface area contributed by atoms with Crippen molar-refractivity contribution in [2.75, 3.05) is 6.61 Å². The lowest BCUT2D eigenvalue weighted by Crippen LogP contribution is -2.99. The minimum absolute atomic E-state index is 0.467. The van der Waals surface area contributed by atoms with Gasteiger partial charge in [-0.25, -0.2) is 0 Å². The van der Waals surface area contributed by atoms with Crippen molar-refractivity contribution in [3.05, 3.63) is 70.8 Å². The lowest BCUT2D eigenvalue weighted by atomic mass is 9.30. The van der Waals surface area contributed by atoms with Crippen LogP contribution in [-0.4, -0.2) is 66.3 Å². The van der Waals surface area contributed by atoms with Crippen molar-refractivity contribution in [3.63, 3.8) is 0 Å². The molecule has 0 bridgehead atoms. The van der Waals surface area contributed by atoms with Gasteiger partial charge in [0.15, 0.2) is 0 Å². The number of benzene rings is 2. The van der Waals surface area contributed by atoms with Crippen LogP contribution >= 0.6 is 0 Å². The van der Waals surface area contributed by atoms with Crippen LogP contribution in [-0.2, 0) is 0 Å². The Labute approximate surface area is 163 Å². The van der Waals surface area contributed by atoms with Crippen LogP contribution in [0.25, 0.3) is 0 Å². The molecule has 0 unspecified atom stereocenters. The third-order valence-corrected chi connectivity index (χ3v) is 6.85. The number of fused-ring (bicyclic) bond motifs is 1. The summed E-state index contributed by atoms with van der Waals surface area (Å²) in [7, 11) is 0. The molecule has 2 aliphatic rings. The summed E-state index contributed by atoms with van der Waals surface area (Å²) in [6.45, 7) is 2.98. The average Bonchev–Trinajstić information content (AvgIpc) is 2.69. The van der Waals surface area contributed by atoms with E-state index in [-0.39, 0.29) is 0 Å². The third kappa shape index (κ3) is 2.03. The second-order valence-electron chi connectivity index (χ2n) is 8.29. The highest BCUT2D eigenvalue weighted by Crippen LogP contribution is 2.75. The first kappa shape index (κ1) is 19.5. The van der Waals surface area contributed by atoms with Crippen LogP contribution in [0.4, 0.5) is 0 Å². The van der Waals surface area contributed by atoms with Crippen molar-refractivity contribution < 1.29 is 30.6 Å². The van der Waals surface area contributed by atoms with Gasteiger partial charge in [-0.2, -0.15) is 0 Å². The molecule has 0 spiro atoms. The van der Waals surface area contributed by atoms with Gasteiger partial charge in [-0.05, 0) is 25.0 Å². The van der Waals surface area contributed by atoms with Crippen LogP contribution in [0.15, 0.2) is 48.5 Å². The Bertz CT molecular complexity index is 879. The van der Waals surface area contributed by atoms with Gasteiger partial charge in [0.25, 0.3) is 0 Å². The van der Waals surface area contributed by atoms with Gasteiger partial charge in [-0.3, -0.25) is 0 Å². The monoisotopic (exact) mass is 386 g/mol. The molecule has 6 nitrogen and oxygen atoms in total. The standard InChI is InChI=1S/C22H26O6/c1-12-3-7-14(8-4-12)17-19(25)21(27)18(15-9-5-13(2)6-10-15)20(26,16(24)11-23)22(17,21)28/h3-10,16-19,23-28H,11H2,1-2H3/t16-,17-,18+,19+,20+,21+,22+/m1/s1. The van der Waals surface area contributed by atoms with Crippen molar-refractivity contribution in [1.82, 2.24) is 0 Å². The zero-order valence-electron chi connectivity index (χ0n) is 15.8. The van der Waals surface area contributed by atoms with Crippen molar-refractivity contribution >= 4 is 0 Å². The predicted octanol–water partition coefficient (Wildman–Crippen LogP) is 0.105. The summed E-state index contributed by atoms with van der Waals surface area (Å²) in [5, 5.41) is 65.1. The first-order valence-corrected chi connectivity index (χ1v) is 9.41. The lowest BCUT2D eigenvalue weighted by Gasteiger charge is -2.80. The largest absolute Gasteiger partial charge is 0.394 e. The molecule has 0 aliphatic heterocycles. The van der Waals surface area contributed by atoms with Crippen molar-refractivity contribution in [3.8, 4) is 0 Å². The zero-order chi connectivity index (χ0) is 20.5. The molecule has 2 aliphatic carbocycles. The van der Waals surface area contributed by atoms with Crippen LogP contribution in [0.1, 0.15) is 34.1 Å². The molecule has 2 fully saturated rings. The van der Waals surface area contributed by atoms with Crippen molar-refractivity contribution in [2.45, 2.75) is 54.7 Å². The molecule has 2 aromatic carbocycles. The van der Waals surface area contributed by atoms with Gasteiger partial charge in [-0.15, -0.1) is 0 Å². The third-order valence-electron chi connectivity index (χ3n) is 6.85. The molecule has 0 saturated heterocycles. The highest BCUT2D eigenvalue weighted by Gasteiger charge is 2.93. The van der Waals surface area contributed by atoms with E-state index in [0.717, 1.165) is 11.1 Å². The molecule has 2 aromatic rings. The van der Waals surface area contributed by atoms with Gasteiger partial charge in [0.2, 0.25) is 0 Å². The van der Waals surface area contributed by atoms with E-state index < -0.39 is 47.5 Å². The summed E-state index contributed by atoms with van der Waals surface area (Å²) in [5.74, 6) is -2.17. The number of hydrogen-bond donors (Lipinski definition) is 6. The Morgan fingerprint density at radius 1 is 0.857 bits per heavy atom. The average molecular weight is 386 g/mol. The molecule has 0 amide bonds. The van der Waals surface area contributed by atoms with E-state index in [1.54, 1.807) is 48.5 Å². The zero-order valence-corrected chi connectivity index (χ0v) is 15.8. The molecule has 6 heteroatoms. The molecule has 0 aromatic heterocycles. The number of rotatable bonds is 4. The molecule has 150 valence electrons. The summed E-state index contributed by atoms with van der Waals surface area (Å²) >= 11 is 0. The van der Waals surface area contributed by atoms with Gasteiger partial charge in [0.1, 0.15) is 22.9 Å². The SMILES string of the molecule is Cc1ccc([C@H]2[C@@](O)([C@H](O)CO)[C@@]3(O)[C@H](c4ccc(C)cc4)[C@H](O)[C@@]23O)cc1. The molecule has 2 saturated carbocycles. The fraction of sp³-hybridized carbons (Fsp3) is 0.455. The van der Waals surface area contributed by atoms with Gasteiger partial charge < -0.3 is 30.6 Å². The maximum Gasteiger partial charge on any atom is 0.138 e. The summed E-state index contributed by atoms with van der Waals surface area (Å²) in [6, 6.07) is 14.0. The van der Waals surface area contributed by atoms with Gasteiger partial charge in [-0.1, -0.05) is 59.7 Å². The number of aliphatic hydroxyl groups is 6. The van der Waals surface area contributed by atoms with E-state index in [9.17, 15) is 30.6 Å². The summed E-state index contributed by atoms with van der Waals surface area (Å²) in [4.78, 5) is 0. The van der Waals surface area contributed by atoms with E-state index in [4.69, 9.17) is 0 Å². The molecule has 28 heavy (non-hydrogen) atoms. The highest BCUT2D eigenvalue weighted by molar-refractivity contribution is 5.55. The molecule has 6 N–H and O–H groups in total. The maximum absolute atomic E-state index is 11.5. The van der Waals surface area contributed by atoms with E-state index in [0.29, 0.717) is 11.1 Å². The topological polar surface area (TPSA) is 121 Å². The summed E-state index contributed by atoms with van der Waals surface area (Å²) in [6.07, 6.45) is -3.05. The molecule has 0 heterocycles. The predicted molar refractivity (Wildman–Crippen MR) is 102 cm³/mol. The molecular weight excluding hydrogens is 360 g/mol. The molecule has 7 atom stereocenters. The highest BCUT2D eigenvalue weighted by atomic mass is 16.5. The quantitative estimate of drug-likeness (QED) is 0.444. The Balaban J connectivity index is 1.84. The normalized spacial score (nSPS) is 40.2. The summed E-state index contributed by atoms with van der Waals surface area (Å²) < 4.78 is 0. The Morgan fingerprint density at radius 2 is 1.32 bits per heavy atom. The second kappa shape index (κ2) is 6.10. The Morgan fingerprint density at radius 3 is 1.79 bits per heavy atom. The van der Waals surface area contributed by atoms with Gasteiger partial charge in [0.05, 0.1) is 18.6 Å². The van der Waals surface area contributed by atoms with Crippen LogP contribution in [0, 0.1) is 13.8 Å². The summed E-state index contributed by atoms with van der Waals surface area (Å²) in [5.41, 5.74) is -3.56. The van der Waals surface area contributed by atoms with Gasteiger partial charge in [0, 0.05) is 5.92 Å². The lowest BCUT2D eigenvalue weighted by molar-refractivity contribution is -0.459. The first-order chi connectivity index (χ1) is 13.1. The number of hydrogen-bond acceptors (Lipinski definition) is 6. The minimum atomic E-state index is -2.24. The fourth-order valence-electron chi connectivity index (χ4n) is 5.35. The van der Waals surface area contributed by atoms with E-state index in [1.807, 2.05) is 13.8 Å². The molecule has 4 rings (SSSR count).